The van der Waals surface area contributed by atoms with Crippen LogP contribution in [0.15, 0.2) is 42.5 Å². The monoisotopic (exact) mass is 343 g/mol. The third-order valence-electron chi connectivity index (χ3n) is 4.06. The smallest absolute Gasteiger partial charge is 0.311 e. The zero-order valence-corrected chi connectivity index (χ0v) is 14.7. The molecule has 3 N–H and O–H groups in total. The summed E-state index contributed by atoms with van der Waals surface area (Å²) >= 11 is 0. The maximum Gasteiger partial charge on any atom is 0.311 e. The van der Waals surface area contributed by atoms with Crippen molar-refractivity contribution < 1.29 is 19.4 Å². The number of methoxy groups -OCH3 is 1. The first-order valence-electron chi connectivity index (χ1n) is 8.43. The Bertz CT molecular complexity index is 697. The molecule has 0 bridgehead atoms. The second kappa shape index (κ2) is 8.97. The van der Waals surface area contributed by atoms with Crippen LogP contribution in [0.3, 0.4) is 0 Å². The number of anilines is 1. The third-order valence-corrected chi connectivity index (χ3v) is 4.06. The van der Waals surface area contributed by atoms with Gasteiger partial charge in [0.25, 0.3) is 0 Å². The zero-order valence-electron chi connectivity index (χ0n) is 14.7. The van der Waals surface area contributed by atoms with E-state index in [-0.39, 0.29) is 0 Å². The van der Waals surface area contributed by atoms with E-state index < -0.39 is 11.9 Å². The molecule has 0 fully saturated rings. The Morgan fingerprint density at radius 2 is 1.88 bits per heavy atom. The van der Waals surface area contributed by atoms with Crippen molar-refractivity contribution in [1.29, 1.82) is 0 Å². The van der Waals surface area contributed by atoms with Gasteiger partial charge in [0, 0.05) is 5.69 Å². The standard InChI is InChI=1S/C20H25NO4/c1-3-4-11-25-19-13-14(5-10-18(19)24-2)12-17(20(22)23)15-6-8-16(21)9-7-15/h5-10,13,17H,3-4,11-12,21H2,1-2H3,(H,22,23). The number of aliphatic carboxylic acids is 1. The van der Waals surface area contributed by atoms with Crippen LogP contribution in [-0.4, -0.2) is 24.8 Å². The van der Waals surface area contributed by atoms with Gasteiger partial charge >= 0.3 is 5.97 Å². The first kappa shape index (κ1) is 18.6. The summed E-state index contributed by atoms with van der Waals surface area (Å²) in [5.74, 6) is -0.208. The summed E-state index contributed by atoms with van der Waals surface area (Å²) in [6.07, 6.45) is 2.37. The van der Waals surface area contributed by atoms with Crippen LogP contribution in [0.25, 0.3) is 0 Å². The van der Waals surface area contributed by atoms with E-state index >= 15 is 0 Å². The molecule has 0 aromatic heterocycles. The molecule has 0 saturated heterocycles. The number of carboxylic acid groups (broad SMARTS) is 1. The molecule has 2 aromatic rings. The molecule has 5 nitrogen and oxygen atoms in total. The molecule has 0 aliphatic carbocycles. The topological polar surface area (TPSA) is 81.8 Å². The Morgan fingerprint density at radius 1 is 1.16 bits per heavy atom. The van der Waals surface area contributed by atoms with Gasteiger partial charge in [0.15, 0.2) is 11.5 Å². The molecule has 2 aromatic carbocycles. The van der Waals surface area contributed by atoms with Crippen molar-refractivity contribution in [2.45, 2.75) is 32.1 Å². The molecule has 0 radical (unpaired) electrons. The molecule has 0 heterocycles. The minimum Gasteiger partial charge on any atom is -0.493 e. The summed E-state index contributed by atoms with van der Waals surface area (Å²) in [7, 11) is 1.59. The fourth-order valence-corrected chi connectivity index (χ4v) is 2.60. The van der Waals surface area contributed by atoms with E-state index in [4.69, 9.17) is 15.2 Å². The highest BCUT2D eigenvalue weighted by molar-refractivity contribution is 5.76. The number of unbranched alkanes of at least 4 members (excludes halogenated alkanes) is 1. The van der Waals surface area contributed by atoms with E-state index in [0.717, 1.165) is 24.0 Å². The van der Waals surface area contributed by atoms with E-state index in [2.05, 4.69) is 6.92 Å². The number of nitrogen functional groups attached to an aromatic ring is 1. The second-order valence-corrected chi connectivity index (χ2v) is 5.95. The SMILES string of the molecule is CCCCOc1cc(CC(C(=O)O)c2ccc(N)cc2)ccc1OC. The first-order valence-corrected chi connectivity index (χ1v) is 8.43. The fourth-order valence-electron chi connectivity index (χ4n) is 2.60. The number of carbonyl (C=O) groups is 1. The summed E-state index contributed by atoms with van der Waals surface area (Å²) in [6.45, 7) is 2.71. The van der Waals surface area contributed by atoms with Crippen LogP contribution < -0.4 is 15.2 Å². The Kier molecular flexibility index (Phi) is 6.69. The molecule has 2 rings (SSSR count). The predicted octanol–water partition coefficient (Wildman–Crippen LogP) is 3.87. The van der Waals surface area contributed by atoms with Gasteiger partial charge in [-0.05, 0) is 48.2 Å². The lowest BCUT2D eigenvalue weighted by atomic mass is 9.92. The van der Waals surface area contributed by atoms with Gasteiger partial charge in [-0.2, -0.15) is 0 Å². The maximum atomic E-state index is 11.7. The molecule has 0 saturated carbocycles. The molecular formula is C20H25NO4. The van der Waals surface area contributed by atoms with Crippen molar-refractivity contribution in [3.8, 4) is 11.5 Å². The first-order chi connectivity index (χ1) is 12.0. The Hall–Kier alpha value is -2.69. The summed E-state index contributed by atoms with van der Waals surface area (Å²) < 4.78 is 11.1. The maximum absolute atomic E-state index is 11.7. The molecule has 134 valence electrons. The Morgan fingerprint density at radius 3 is 2.48 bits per heavy atom. The summed E-state index contributed by atoms with van der Waals surface area (Å²) in [6, 6.07) is 12.5. The van der Waals surface area contributed by atoms with E-state index in [0.29, 0.717) is 30.2 Å². The highest BCUT2D eigenvalue weighted by Gasteiger charge is 2.21. The van der Waals surface area contributed by atoms with Gasteiger partial charge in [-0.25, -0.2) is 0 Å². The van der Waals surface area contributed by atoms with Crippen molar-refractivity contribution in [2.75, 3.05) is 19.5 Å². The van der Waals surface area contributed by atoms with Gasteiger partial charge in [0.1, 0.15) is 0 Å². The molecule has 25 heavy (non-hydrogen) atoms. The van der Waals surface area contributed by atoms with Gasteiger partial charge < -0.3 is 20.3 Å². The number of ether oxygens (including phenoxy) is 2. The van der Waals surface area contributed by atoms with Crippen LogP contribution in [0.2, 0.25) is 0 Å². The average Bonchev–Trinajstić information content (AvgIpc) is 2.61. The van der Waals surface area contributed by atoms with E-state index in [9.17, 15) is 9.90 Å². The quantitative estimate of drug-likeness (QED) is 0.533. The van der Waals surface area contributed by atoms with Crippen molar-refractivity contribution in [2.24, 2.45) is 0 Å². The minimum absolute atomic E-state index is 0.368. The number of carboxylic acids is 1. The normalized spacial score (nSPS) is 11.8. The summed E-state index contributed by atoms with van der Waals surface area (Å²) in [4.78, 5) is 11.7. The van der Waals surface area contributed by atoms with E-state index in [1.165, 1.54) is 0 Å². The van der Waals surface area contributed by atoms with Gasteiger partial charge in [0.2, 0.25) is 0 Å². The van der Waals surface area contributed by atoms with Crippen LogP contribution in [-0.2, 0) is 11.2 Å². The third kappa shape index (κ3) is 5.14. The molecule has 0 aliphatic rings. The lowest BCUT2D eigenvalue weighted by molar-refractivity contribution is -0.138. The molecule has 0 aliphatic heterocycles. The second-order valence-electron chi connectivity index (χ2n) is 5.95. The number of nitrogens with two attached hydrogens (primary N) is 1. The van der Waals surface area contributed by atoms with Crippen molar-refractivity contribution >= 4 is 11.7 Å². The zero-order chi connectivity index (χ0) is 18.2. The lowest BCUT2D eigenvalue weighted by Crippen LogP contribution is -2.14. The van der Waals surface area contributed by atoms with Gasteiger partial charge in [-0.1, -0.05) is 31.5 Å². The number of rotatable bonds is 9. The van der Waals surface area contributed by atoms with Crippen LogP contribution in [0.4, 0.5) is 5.69 Å². The molecule has 0 spiro atoms. The van der Waals surface area contributed by atoms with Crippen molar-refractivity contribution in [1.82, 2.24) is 0 Å². The summed E-state index contributed by atoms with van der Waals surface area (Å²) in [5.41, 5.74) is 7.92. The molecular weight excluding hydrogens is 318 g/mol. The highest BCUT2D eigenvalue weighted by Crippen LogP contribution is 2.31. The van der Waals surface area contributed by atoms with Gasteiger partial charge in [-0.3, -0.25) is 4.79 Å². The number of hydrogen-bond acceptors (Lipinski definition) is 4. The average molecular weight is 343 g/mol. The fraction of sp³-hybridized carbons (Fsp3) is 0.350. The largest absolute Gasteiger partial charge is 0.493 e. The van der Waals surface area contributed by atoms with E-state index in [1.807, 2.05) is 18.2 Å². The van der Waals surface area contributed by atoms with E-state index in [1.54, 1.807) is 31.4 Å². The highest BCUT2D eigenvalue weighted by atomic mass is 16.5. The van der Waals surface area contributed by atoms with Crippen LogP contribution in [0.5, 0.6) is 11.5 Å². The minimum atomic E-state index is -0.867. The Balaban J connectivity index is 2.22. The number of benzene rings is 2. The Labute approximate surface area is 148 Å². The van der Waals surface area contributed by atoms with Gasteiger partial charge in [-0.15, -0.1) is 0 Å². The molecule has 1 unspecified atom stereocenters. The molecule has 1 atom stereocenters. The van der Waals surface area contributed by atoms with Crippen molar-refractivity contribution in [3.63, 3.8) is 0 Å². The lowest BCUT2D eigenvalue weighted by Gasteiger charge is -2.16. The molecule has 0 amide bonds. The van der Waals surface area contributed by atoms with Crippen LogP contribution in [0.1, 0.15) is 36.8 Å². The van der Waals surface area contributed by atoms with Crippen molar-refractivity contribution in [3.05, 3.63) is 53.6 Å². The predicted molar refractivity (Wildman–Crippen MR) is 98.3 cm³/mol. The van der Waals surface area contributed by atoms with Crippen LogP contribution >= 0.6 is 0 Å². The number of hydrogen-bond donors (Lipinski definition) is 2. The van der Waals surface area contributed by atoms with Gasteiger partial charge in [0.05, 0.1) is 19.6 Å². The van der Waals surface area contributed by atoms with Crippen LogP contribution in [0, 0.1) is 0 Å². The summed E-state index contributed by atoms with van der Waals surface area (Å²) in [5, 5.41) is 9.61. The molecule has 5 heteroatoms.